The Balaban J connectivity index is 1.83. The Kier molecular flexibility index (Phi) is 5.35. The zero-order valence-corrected chi connectivity index (χ0v) is 15.1. The smallest absolute Gasteiger partial charge is 0.274 e. The molecule has 3 rings (SSSR count). The maximum Gasteiger partial charge on any atom is 0.274 e. The summed E-state index contributed by atoms with van der Waals surface area (Å²) in [7, 11) is 0. The minimum absolute atomic E-state index is 0.155. The van der Waals surface area contributed by atoms with Crippen molar-refractivity contribution in [2.24, 2.45) is 0 Å². The van der Waals surface area contributed by atoms with Gasteiger partial charge in [-0.3, -0.25) is 4.79 Å². The van der Waals surface area contributed by atoms with Gasteiger partial charge >= 0.3 is 0 Å². The molecule has 0 radical (unpaired) electrons. The standard InChI is InChI=1S/C18H13Cl2FN4O/c1-10-8-16(17(26)23-13-5-3-12(21)4-6-13)25-18(22-10)24-15-9-11(19)2-7-14(15)20/h2-9H,1H3,(H,23,26)(H,22,24,25). The van der Waals surface area contributed by atoms with Crippen LogP contribution in [0.2, 0.25) is 10.0 Å². The Hall–Kier alpha value is -2.70. The van der Waals surface area contributed by atoms with Gasteiger partial charge in [-0.25, -0.2) is 14.4 Å². The Morgan fingerprint density at radius 1 is 1.04 bits per heavy atom. The molecule has 0 saturated heterocycles. The van der Waals surface area contributed by atoms with Gasteiger partial charge in [0.2, 0.25) is 5.95 Å². The molecule has 0 aliphatic carbocycles. The third-order valence-electron chi connectivity index (χ3n) is 3.36. The molecule has 0 unspecified atom stereocenters. The first-order valence-corrected chi connectivity index (χ1v) is 8.31. The molecule has 1 amide bonds. The fourth-order valence-electron chi connectivity index (χ4n) is 2.18. The first kappa shape index (κ1) is 18.1. The second-order valence-corrected chi connectivity index (χ2v) is 6.27. The second kappa shape index (κ2) is 7.68. The molecule has 1 heterocycles. The number of hydrogen-bond donors (Lipinski definition) is 2. The monoisotopic (exact) mass is 390 g/mol. The van der Waals surface area contributed by atoms with Gasteiger partial charge in [0.05, 0.1) is 10.7 Å². The van der Waals surface area contributed by atoms with Crippen LogP contribution in [-0.4, -0.2) is 15.9 Å². The van der Waals surface area contributed by atoms with Crippen molar-refractivity contribution >= 4 is 46.4 Å². The van der Waals surface area contributed by atoms with Gasteiger partial charge in [-0.05, 0) is 55.5 Å². The van der Waals surface area contributed by atoms with E-state index in [1.54, 1.807) is 31.2 Å². The summed E-state index contributed by atoms with van der Waals surface area (Å²) < 4.78 is 13.0. The number of halogens is 3. The lowest BCUT2D eigenvalue weighted by Gasteiger charge is -2.10. The van der Waals surface area contributed by atoms with Crippen molar-refractivity contribution in [2.75, 3.05) is 10.6 Å². The first-order valence-electron chi connectivity index (χ1n) is 7.55. The molecule has 0 bridgehead atoms. The molecule has 8 heteroatoms. The number of anilines is 3. The van der Waals surface area contributed by atoms with Gasteiger partial charge in [0.1, 0.15) is 11.5 Å². The maximum absolute atomic E-state index is 13.0. The largest absolute Gasteiger partial charge is 0.323 e. The summed E-state index contributed by atoms with van der Waals surface area (Å²) in [6.07, 6.45) is 0. The topological polar surface area (TPSA) is 66.9 Å². The number of amides is 1. The molecule has 0 saturated carbocycles. The molecule has 2 aromatic carbocycles. The number of aromatic nitrogens is 2. The second-order valence-electron chi connectivity index (χ2n) is 5.43. The summed E-state index contributed by atoms with van der Waals surface area (Å²) in [6.45, 7) is 1.74. The molecule has 26 heavy (non-hydrogen) atoms. The van der Waals surface area contributed by atoms with Gasteiger partial charge in [0.25, 0.3) is 5.91 Å². The number of carbonyl (C=O) groups excluding carboxylic acids is 1. The summed E-state index contributed by atoms with van der Waals surface area (Å²) in [5.41, 5.74) is 1.72. The molecule has 2 N–H and O–H groups in total. The molecular formula is C18H13Cl2FN4O. The van der Waals surface area contributed by atoms with Crippen LogP contribution in [0.25, 0.3) is 0 Å². The Labute approximate surface area is 159 Å². The first-order chi connectivity index (χ1) is 12.4. The van der Waals surface area contributed by atoms with E-state index in [0.717, 1.165) is 0 Å². The van der Waals surface area contributed by atoms with E-state index < -0.39 is 5.91 Å². The normalized spacial score (nSPS) is 10.5. The van der Waals surface area contributed by atoms with E-state index in [9.17, 15) is 9.18 Å². The molecule has 0 aliphatic rings. The molecule has 1 aromatic heterocycles. The lowest BCUT2D eigenvalue weighted by molar-refractivity contribution is 0.102. The molecule has 3 aromatic rings. The summed E-state index contributed by atoms with van der Waals surface area (Å²) >= 11 is 12.1. The fourth-order valence-corrected chi connectivity index (χ4v) is 2.52. The molecule has 132 valence electrons. The van der Waals surface area contributed by atoms with Gasteiger partial charge in [-0.2, -0.15) is 0 Å². The number of aryl methyl sites for hydroxylation is 1. The number of nitrogens with zero attached hydrogens (tertiary/aromatic N) is 2. The van der Waals surface area contributed by atoms with Crippen LogP contribution in [0.4, 0.5) is 21.7 Å². The molecule has 0 aliphatic heterocycles. The maximum atomic E-state index is 13.0. The van der Waals surface area contributed by atoms with Crippen molar-refractivity contribution in [3.8, 4) is 0 Å². The van der Waals surface area contributed by atoms with Crippen LogP contribution in [-0.2, 0) is 0 Å². The van der Waals surface area contributed by atoms with E-state index in [1.165, 1.54) is 24.3 Å². The SMILES string of the molecule is Cc1cc(C(=O)Nc2ccc(F)cc2)nc(Nc2cc(Cl)ccc2Cl)n1. The average Bonchev–Trinajstić information content (AvgIpc) is 2.59. The number of carbonyl (C=O) groups is 1. The quantitative estimate of drug-likeness (QED) is 0.640. The van der Waals surface area contributed by atoms with Gasteiger partial charge in [0, 0.05) is 16.4 Å². The van der Waals surface area contributed by atoms with Crippen molar-refractivity contribution in [3.63, 3.8) is 0 Å². The Morgan fingerprint density at radius 2 is 1.77 bits per heavy atom. The van der Waals surface area contributed by atoms with Gasteiger partial charge < -0.3 is 10.6 Å². The van der Waals surface area contributed by atoms with E-state index >= 15 is 0 Å². The Bertz CT molecular complexity index is 964. The number of rotatable bonds is 4. The van der Waals surface area contributed by atoms with Crippen LogP contribution < -0.4 is 10.6 Å². The summed E-state index contributed by atoms with van der Waals surface area (Å²) in [5, 5.41) is 6.55. The van der Waals surface area contributed by atoms with Crippen LogP contribution in [0.1, 0.15) is 16.2 Å². The number of benzene rings is 2. The zero-order chi connectivity index (χ0) is 18.7. The highest BCUT2D eigenvalue weighted by Crippen LogP contribution is 2.27. The van der Waals surface area contributed by atoms with E-state index in [4.69, 9.17) is 23.2 Å². The molecular weight excluding hydrogens is 378 g/mol. The number of hydrogen-bond acceptors (Lipinski definition) is 4. The zero-order valence-electron chi connectivity index (χ0n) is 13.6. The number of nitrogens with one attached hydrogen (secondary N) is 2. The molecule has 0 fully saturated rings. The van der Waals surface area contributed by atoms with Crippen molar-refractivity contribution in [1.29, 1.82) is 0 Å². The third kappa shape index (κ3) is 4.47. The third-order valence-corrected chi connectivity index (χ3v) is 3.93. The van der Waals surface area contributed by atoms with Crippen molar-refractivity contribution in [1.82, 2.24) is 9.97 Å². The lowest BCUT2D eigenvalue weighted by Crippen LogP contribution is -2.15. The van der Waals surface area contributed by atoms with Crippen LogP contribution in [0.5, 0.6) is 0 Å². The minimum Gasteiger partial charge on any atom is -0.323 e. The van der Waals surface area contributed by atoms with Crippen molar-refractivity contribution < 1.29 is 9.18 Å². The fraction of sp³-hybridized carbons (Fsp3) is 0.0556. The summed E-state index contributed by atoms with van der Waals surface area (Å²) in [5.74, 6) is -0.619. The van der Waals surface area contributed by atoms with Gasteiger partial charge in [-0.1, -0.05) is 23.2 Å². The van der Waals surface area contributed by atoms with Crippen LogP contribution >= 0.6 is 23.2 Å². The molecule has 5 nitrogen and oxygen atoms in total. The van der Waals surface area contributed by atoms with E-state index in [2.05, 4.69) is 20.6 Å². The van der Waals surface area contributed by atoms with E-state index in [1.807, 2.05) is 0 Å². The van der Waals surface area contributed by atoms with E-state index in [0.29, 0.717) is 27.1 Å². The summed E-state index contributed by atoms with van der Waals surface area (Å²) in [6, 6.07) is 11.9. The molecule has 0 spiro atoms. The van der Waals surface area contributed by atoms with Crippen molar-refractivity contribution in [3.05, 3.63) is 75.8 Å². The van der Waals surface area contributed by atoms with Gasteiger partial charge in [-0.15, -0.1) is 0 Å². The van der Waals surface area contributed by atoms with Crippen LogP contribution in [0.3, 0.4) is 0 Å². The highest BCUT2D eigenvalue weighted by atomic mass is 35.5. The summed E-state index contributed by atoms with van der Waals surface area (Å²) in [4.78, 5) is 20.9. The average molecular weight is 391 g/mol. The van der Waals surface area contributed by atoms with Crippen LogP contribution in [0, 0.1) is 12.7 Å². The Morgan fingerprint density at radius 3 is 2.50 bits per heavy atom. The lowest BCUT2D eigenvalue weighted by atomic mass is 10.2. The van der Waals surface area contributed by atoms with E-state index in [-0.39, 0.29) is 17.5 Å². The predicted octanol–water partition coefficient (Wildman–Crippen LogP) is 5.23. The van der Waals surface area contributed by atoms with Gasteiger partial charge in [0.15, 0.2) is 0 Å². The van der Waals surface area contributed by atoms with Crippen molar-refractivity contribution in [2.45, 2.75) is 6.92 Å². The molecule has 0 atom stereocenters. The van der Waals surface area contributed by atoms with Crippen LogP contribution in [0.15, 0.2) is 48.5 Å². The predicted molar refractivity (Wildman–Crippen MR) is 101 cm³/mol. The highest BCUT2D eigenvalue weighted by molar-refractivity contribution is 6.35. The minimum atomic E-state index is -0.442. The highest BCUT2D eigenvalue weighted by Gasteiger charge is 2.12.